The van der Waals surface area contributed by atoms with Gasteiger partial charge >= 0.3 is 0 Å². The molecule has 1 fully saturated rings. The van der Waals surface area contributed by atoms with E-state index in [0.29, 0.717) is 6.54 Å². The topological polar surface area (TPSA) is 89.9 Å². The summed E-state index contributed by atoms with van der Waals surface area (Å²) in [5, 5.41) is 12.5. The number of hydrogen-bond donors (Lipinski definition) is 3. The molecule has 3 N–H and O–H groups in total. The van der Waals surface area contributed by atoms with Crippen molar-refractivity contribution in [2.24, 2.45) is 0 Å². The average molecular weight is 224 g/mol. The van der Waals surface area contributed by atoms with Crippen LogP contribution in [0.4, 0.5) is 0 Å². The molecule has 0 bridgehead atoms. The second kappa shape index (κ2) is 5.04. The Morgan fingerprint density at radius 3 is 2.43 bits per heavy atom. The van der Waals surface area contributed by atoms with Gasteiger partial charge in [-0.3, -0.25) is 9.45 Å². The number of piperazine rings is 1. The zero-order valence-corrected chi connectivity index (χ0v) is 8.70. The van der Waals surface area contributed by atoms with E-state index in [0.717, 1.165) is 26.2 Å². The second-order valence-electron chi connectivity index (χ2n) is 3.45. The van der Waals surface area contributed by atoms with Crippen molar-refractivity contribution in [2.45, 2.75) is 6.10 Å². The quantitative estimate of drug-likeness (QED) is 0.485. The Kier molecular flexibility index (Phi) is 4.27. The molecule has 0 radical (unpaired) electrons. The molecule has 1 aliphatic heterocycles. The molecule has 1 atom stereocenters. The summed E-state index contributed by atoms with van der Waals surface area (Å²) >= 11 is 0. The zero-order valence-electron chi connectivity index (χ0n) is 7.89. The molecule has 0 aromatic heterocycles. The Morgan fingerprint density at radius 2 is 1.93 bits per heavy atom. The van der Waals surface area contributed by atoms with E-state index in [4.69, 9.17) is 4.55 Å². The standard InChI is InChI=1S/C7H16N2O4S/c10-7(6-14(11,12)13)5-9-3-1-8-2-4-9/h7-8,10H,1-6H2,(H,11,12,13). The molecule has 1 heterocycles. The first-order chi connectivity index (χ1) is 6.47. The van der Waals surface area contributed by atoms with E-state index in [9.17, 15) is 13.5 Å². The van der Waals surface area contributed by atoms with Gasteiger partial charge in [-0.15, -0.1) is 0 Å². The molecule has 1 saturated heterocycles. The largest absolute Gasteiger partial charge is 0.391 e. The van der Waals surface area contributed by atoms with E-state index in [1.165, 1.54) is 0 Å². The van der Waals surface area contributed by atoms with Crippen LogP contribution in [0, 0.1) is 0 Å². The first-order valence-corrected chi connectivity index (χ1v) is 6.14. The summed E-state index contributed by atoms with van der Waals surface area (Å²) < 4.78 is 29.4. The maximum atomic E-state index is 10.4. The molecular weight excluding hydrogens is 208 g/mol. The summed E-state index contributed by atoms with van der Waals surface area (Å²) in [6, 6.07) is 0. The SMILES string of the molecule is O=S(=O)(O)CC(O)CN1CCNCC1. The van der Waals surface area contributed by atoms with Gasteiger partial charge in [0.05, 0.1) is 6.10 Å². The van der Waals surface area contributed by atoms with Crippen molar-refractivity contribution < 1.29 is 18.1 Å². The average Bonchev–Trinajstić information content (AvgIpc) is 2.02. The molecule has 0 aromatic rings. The van der Waals surface area contributed by atoms with Crippen LogP contribution in [0.15, 0.2) is 0 Å². The highest BCUT2D eigenvalue weighted by Gasteiger charge is 2.18. The van der Waals surface area contributed by atoms with Gasteiger partial charge in [-0.1, -0.05) is 0 Å². The van der Waals surface area contributed by atoms with Gasteiger partial charge in [-0.2, -0.15) is 8.42 Å². The first-order valence-electron chi connectivity index (χ1n) is 4.54. The molecule has 0 aliphatic carbocycles. The van der Waals surface area contributed by atoms with E-state index >= 15 is 0 Å². The van der Waals surface area contributed by atoms with Crippen molar-refractivity contribution in [1.29, 1.82) is 0 Å². The van der Waals surface area contributed by atoms with Gasteiger partial charge in [0.15, 0.2) is 0 Å². The molecule has 7 heteroatoms. The van der Waals surface area contributed by atoms with Gasteiger partial charge < -0.3 is 10.4 Å². The lowest BCUT2D eigenvalue weighted by Gasteiger charge is -2.28. The van der Waals surface area contributed by atoms with E-state index in [2.05, 4.69) is 5.32 Å². The molecule has 1 rings (SSSR count). The zero-order chi connectivity index (χ0) is 10.6. The lowest BCUT2D eigenvalue weighted by molar-refractivity contribution is 0.119. The van der Waals surface area contributed by atoms with Gasteiger partial charge in [0, 0.05) is 32.7 Å². The minimum absolute atomic E-state index is 0.293. The monoisotopic (exact) mass is 224 g/mol. The molecule has 14 heavy (non-hydrogen) atoms. The van der Waals surface area contributed by atoms with Crippen LogP contribution in [0.3, 0.4) is 0 Å². The van der Waals surface area contributed by atoms with Gasteiger partial charge in [0.2, 0.25) is 0 Å². The lowest BCUT2D eigenvalue weighted by atomic mass is 10.3. The minimum atomic E-state index is -4.07. The Balaban J connectivity index is 2.28. The van der Waals surface area contributed by atoms with Gasteiger partial charge in [0.25, 0.3) is 10.1 Å². The van der Waals surface area contributed by atoms with E-state index in [1.54, 1.807) is 0 Å². The van der Waals surface area contributed by atoms with Crippen LogP contribution >= 0.6 is 0 Å². The lowest BCUT2D eigenvalue weighted by Crippen LogP contribution is -2.47. The molecular formula is C7H16N2O4S. The van der Waals surface area contributed by atoms with Crippen molar-refractivity contribution in [3.8, 4) is 0 Å². The fraction of sp³-hybridized carbons (Fsp3) is 1.00. The Hall–Kier alpha value is -0.210. The van der Waals surface area contributed by atoms with Crippen molar-refractivity contribution in [3.05, 3.63) is 0 Å². The van der Waals surface area contributed by atoms with Crippen molar-refractivity contribution in [2.75, 3.05) is 38.5 Å². The molecule has 0 spiro atoms. The maximum absolute atomic E-state index is 10.4. The van der Waals surface area contributed by atoms with E-state index in [1.807, 2.05) is 4.90 Å². The highest BCUT2D eigenvalue weighted by molar-refractivity contribution is 7.85. The number of hydrogen-bond acceptors (Lipinski definition) is 5. The Morgan fingerprint density at radius 1 is 1.36 bits per heavy atom. The Labute approximate surface area is 83.7 Å². The first kappa shape index (κ1) is 11.9. The third-order valence-corrected chi connectivity index (χ3v) is 2.89. The number of nitrogens with one attached hydrogen (secondary N) is 1. The summed E-state index contributed by atoms with van der Waals surface area (Å²) in [5.74, 6) is -0.586. The number of aliphatic hydroxyl groups excluding tert-OH is 1. The molecule has 0 aromatic carbocycles. The smallest absolute Gasteiger partial charge is 0.267 e. The van der Waals surface area contributed by atoms with Gasteiger partial charge in [0.1, 0.15) is 5.75 Å². The van der Waals surface area contributed by atoms with Crippen LogP contribution in [0.5, 0.6) is 0 Å². The summed E-state index contributed by atoms with van der Waals surface area (Å²) in [6.45, 7) is 3.57. The van der Waals surface area contributed by atoms with E-state index in [-0.39, 0.29) is 0 Å². The highest BCUT2D eigenvalue weighted by Crippen LogP contribution is 1.97. The maximum Gasteiger partial charge on any atom is 0.267 e. The molecule has 0 saturated carbocycles. The Bertz CT molecular complexity index is 261. The minimum Gasteiger partial charge on any atom is -0.391 e. The third kappa shape index (κ3) is 4.87. The van der Waals surface area contributed by atoms with Gasteiger partial charge in [-0.05, 0) is 0 Å². The summed E-state index contributed by atoms with van der Waals surface area (Å²) in [7, 11) is -4.07. The normalized spacial score (nSPS) is 22.1. The molecule has 1 aliphatic rings. The number of rotatable bonds is 4. The van der Waals surface area contributed by atoms with E-state index < -0.39 is 22.0 Å². The summed E-state index contributed by atoms with van der Waals surface area (Å²) in [4.78, 5) is 1.96. The van der Waals surface area contributed by atoms with Gasteiger partial charge in [-0.25, -0.2) is 0 Å². The van der Waals surface area contributed by atoms with Crippen molar-refractivity contribution in [3.63, 3.8) is 0 Å². The number of aliphatic hydroxyl groups is 1. The predicted molar refractivity (Wildman–Crippen MR) is 51.7 cm³/mol. The third-order valence-electron chi connectivity index (χ3n) is 2.08. The molecule has 0 amide bonds. The fourth-order valence-corrected chi connectivity index (χ4v) is 2.08. The predicted octanol–water partition coefficient (Wildman–Crippen LogP) is -1.86. The number of β-amino-alcohol motifs (C(OH)–C–C–N with tert-alkyl or cyclic N) is 1. The van der Waals surface area contributed by atoms with Crippen LogP contribution < -0.4 is 5.32 Å². The van der Waals surface area contributed by atoms with Crippen LogP contribution in [0.2, 0.25) is 0 Å². The van der Waals surface area contributed by atoms with Crippen LogP contribution in [-0.4, -0.2) is 67.6 Å². The summed E-state index contributed by atoms with van der Waals surface area (Å²) in [5.41, 5.74) is 0. The van der Waals surface area contributed by atoms with Crippen LogP contribution in [-0.2, 0) is 10.1 Å². The van der Waals surface area contributed by atoms with Crippen molar-refractivity contribution in [1.82, 2.24) is 10.2 Å². The van der Waals surface area contributed by atoms with Crippen LogP contribution in [0.25, 0.3) is 0 Å². The van der Waals surface area contributed by atoms with Crippen molar-refractivity contribution >= 4 is 10.1 Å². The fourth-order valence-electron chi connectivity index (χ4n) is 1.49. The summed E-state index contributed by atoms with van der Waals surface area (Å²) in [6.07, 6.45) is -1.01. The molecule has 84 valence electrons. The van der Waals surface area contributed by atoms with Crippen LogP contribution in [0.1, 0.15) is 0 Å². The number of nitrogens with zero attached hydrogens (tertiary/aromatic N) is 1. The second-order valence-corrected chi connectivity index (χ2v) is 4.95. The highest BCUT2D eigenvalue weighted by atomic mass is 32.2. The molecule has 6 nitrogen and oxygen atoms in total. The molecule has 1 unspecified atom stereocenters.